The van der Waals surface area contributed by atoms with E-state index in [0.717, 1.165) is 54.2 Å². The zero-order chi connectivity index (χ0) is 17.9. The van der Waals surface area contributed by atoms with Gasteiger partial charge in [0, 0.05) is 43.3 Å². The first-order chi connectivity index (χ1) is 12.7. The van der Waals surface area contributed by atoms with E-state index in [1.165, 1.54) is 0 Å². The van der Waals surface area contributed by atoms with Crippen LogP contribution in [-0.4, -0.2) is 54.0 Å². The lowest BCUT2D eigenvalue weighted by Crippen LogP contribution is -2.44. The normalized spacial score (nSPS) is 15.3. The molecule has 1 saturated heterocycles. The Morgan fingerprint density at radius 1 is 1.15 bits per heavy atom. The second-order valence-electron chi connectivity index (χ2n) is 6.78. The number of rotatable bonds is 4. The maximum absolute atomic E-state index is 12.4. The van der Waals surface area contributed by atoms with Crippen LogP contribution < -0.4 is 10.2 Å². The summed E-state index contributed by atoms with van der Waals surface area (Å²) >= 11 is 0. The summed E-state index contributed by atoms with van der Waals surface area (Å²) < 4.78 is 0. The first-order valence-electron chi connectivity index (χ1n) is 8.93. The number of amides is 1. The van der Waals surface area contributed by atoms with Gasteiger partial charge in [0.05, 0.1) is 18.3 Å². The molecular weight excluding hydrogens is 326 g/mol. The quantitative estimate of drug-likeness (QED) is 0.760. The van der Waals surface area contributed by atoms with Crippen molar-refractivity contribution in [3.05, 3.63) is 54.4 Å². The van der Waals surface area contributed by atoms with Crippen molar-refractivity contribution < 1.29 is 4.79 Å². The van der Waals surface area contributed by atoms with Crippen molar-refractivity contribution in [3.63, 3.8) is 0 Å². The molecule has 0 saturated carbocycles. The standard InChI is InChI=1S/C20H23N5O/c1-24-8-10-25(11-9-24)19-7-6-16(14-22-19)23-20(26)12-15-13-21-18-5-3-2-4-17(15)18/h2-7,13-14,21H,8-12H2,1H3,(H,23,26). The zero-order valence-electron chi connectivity index (χ0n) is 14.9. The summed E-state index contributed by atoms with van der Waals surface area (Å²) in [5.41, 5.74) is 2.78. The van der Waals surface area contributed by atoms with Crippen molar-refractivity contribution in [2.75, 3.05) is 43.4 Å². The van der Waals surface area contributed by atoms with E-state index in [4.69, 9.17) is 0 Å². The number of benzene rings is 1. The summed E-state index contributed by atoms with van der Waals surface area (Å²) in [5.74, 6) is 0.927. The highest BCUT2D eigenvalue weighted by atomic mass is 16.1. The van der Waals surface area contributed by atoms with E-state index in [0.29, 0.717) is 6.42 Å². The predicted molar refractivity (Wildman–Crippen MR) is 105 cm³/mol. The number of carbonyl (C=O) groups is 1. The van der Waals surface area contributed by atoms with Crippen LogP contribution in [0.4, 0.5) is 11.5 Å². The second kappa shape index (κ2) is 7.17. The molecule has 26 heavy (non-hydrogen) atoms. The molecular formula is C20H23N5O. The Kier molecular flexibility index (Phi) is 4.58. The van der Waals surface area contributed by atoms with Crippen molar-refractivity contribution in [2.45, 2.75) is 6.42 Å². The molecule has 1 amide bonds. The van der Waals surface area contributed by atoms with Gasteiger partial charge in [-0.1, -0.05) is 18.2 Å². The molecule has 1 aliphatic rings. The Balaban J connectivity index is 1.38. The van der Waals surface area contributed by atoms with E-state index in [1.807, 2.05) is 42.6 Å². The zero-order valence-corrected chi connectivity index (χ0v) is 14.9. The maximum atomic E-state index is 12.4. The molecule has 2 aromatic heterocycles. The Bertz CT molecular complexity index is 894. The van der Waals surface area contributed by atoms with Crippen LogP contribution in [0.15, 0.2) is 48.8 Å². The van der Waals surface area contributed by atoms with Crippen molar-refractivity contribution in [1.82, 2.24) is 14.9 Å². The van der Waals surface area contributed by atoms with Gasteiger partial charge in [0.15, 0.2) is 0 Å². The molecule has 6 nitrogen and oxygen atoms in total. The fourth-order valence-corrected chi connectivity index (χ4v) is 3.34. The van der Waals surface area contributed by atoms with Gasteiger partial charge >= 0.3 is 0 Å². The average Bonchev–Trinajstić information content (AvgIpc) is 3.06. The summed E-state index contributed by atoms with van der Waals surface area (Å²) in [7, 11) is 2.14. The van der Waals surface area contributed by atoms with Crippen molar-refractivity contribution in [1.29, 1.82) is 0 Å². The summed E-state index contributed by atoms with van der Waals surface area (Å²) in [4.78, 5) is 24.7. The lowest BCUT2D eigenvalue weighted by molar-refractivity contribution is -0.115. The van der Waals surface area contributed by atoms with Gasteiger partial charge in [-0.05, 0) is 30.8 Å². The lowest BCUT2D eigenvalue weighted by Gasteiger charge is -2.33. The minimum Gasteiger partial charge on any atom is -0.361 e. The van der Waals surface area contributed by atoms with Crippen molar-refractivity contribution >= 4 is 28.3 Å². The Hall–Kier alpha value is -2.86. The number of pyridine rings is 1. The number of aromatic nitrogens is 2. The SMILES string of the molecule is CN1CCN(c2ccc(NC(=O)Cc3c[nH]c4ccccc34)cn2)CC1. The Morgan fingerprint density at radius 3 is 2.73 bits per heavy atom. The number of aromatic amines is 1. The molecule has 0 unspecified atom stereocenters. The highest BCUT2D eigenvalue weighted by molar-refractivity contribution is 5.95. The number of para-hydroxylation sites is 1. The topological polar surface area (TPSA) is 64.3 Å². The van der Waals surface area contributed by atoms with E-state index >= 15 is 0 Å². The molecule has 3 aromatic rings. The molecule has 3 heterocycles. The number of nitrogens with zero attached hydrogens (tertiary/aromatic N) is 3. The summed E-state index contributed by atoms with van der Waals surface area (Å²) in [5, 5.41) is 4.03. The van der Waals surface area contributed by atoms with Crippen molar-refractivity contribution in [2.24, 2.45) is 0 Å². The van der Waals surface area contributed by atoms with Gasteiger partial charge < -0.3 is 20.1 Å². The molecule has 2 N–H and O–H groups in total. The fraction of sp³-hybridized carbons (Fsp3) is 0.300. The molecule has 0 bridgehead atoms. The number of carbonyl (C=O) groups excluding carboxylic acids is 1. The first kappa shape index (κ1) is 16.6. The van der Waals surface area contributed by atoms with Crippen LogP contribution in [-0.2, 0) is 11.2 Å². The van der Waals surface area contributed by atoms with Gasteiger partial charge in [0.25, 0.3) is 0 Å². The van der Waals surface area contributed by atoms with Crippen LogP contribution in [0, 0.1) is 0 Å². The van der Waals surface area contributed by atoms with E-state index in [2.05, 4.69) is 32.1 Å². The molecule has 0 atom stereocenters. The third-order valence-corrected chi connectivity index (χ3v) is 4.88. The largest absolute Gasteiger partial charge is 0.361 e. The average molecular weight is 349 g/mol. The Labute approximate surface area is 152 Å². The van der Waals surface area contributed by atoms with Crippen LogP contribution in [0.25, 0.3) is 10.9 Å². The van der Waals surface area contributed by atoms with Gasteiger partial charge in [-0.2, -0.15) is 0 Å². The molecule has 6 heteroatoms. The molecule has 1 aromatic carbocycles. The van der Waals surface area contributed by atoms with E-state index in [9.17, 15) is 4.79 Å². The van der Waals surface area contributed by atoms with Crippen molar-refractivity contribution in [3.8, 4) is 0 Å². The number of piperazine rings is 1. The molecule has 1 aliphatic heterocycles. The molecule has 0 spiro atoms. The Morgan fingerprint density at radius 2 is 1.96 bits per heavy atom. The molecule has 134 valence electrons. The molecule has 0 radical (unpaired) electrons. The van der Waals surface area contributed by atoms with Gasteiger partial charge in [-0.3, -0.25) is 4.79 Å². The first-order valence-corrected chi connectivity index (χ1v) is 8.93. The third kappa shape index (κ3) is 3.55. The second-order valence-corrected chi connectivity index (χ2v) is 6.78. The molecule has 4 rings (SSSR count). The van der Waals surface area contributed by atoms with Crippen LogP contribution in [0.3, 0.4) is 0 Å². The number of hydrogen-bond acceptors (Lipinski definition) is 4. The highest BCUT2D eigenvalue weighted by Gasteiger charge is 2.15. The number of H-pyrrole nitrogens is 1. The van der Waals surface area contributed by atoms with Crippen LogP contribution in [0.1, 0.15) is 5.56 Å². The summed E-state index contributed by atoms with van der Waals surface area (Å²) in [6, 6.07) is 11.9. The van der Waals surface area contributed by atoms with Crippen LogP contribution in [0.2, 0.25) is 0 Å². The van der Waals surface area contributed by atoms with Gasteiger partial charge in [0.2, 0.25) is 5.91 Å². The highest BCUT2D eigenvalue weighted by Crippen LogP contribution is 2.19. The fourth-order valence-electron chi connectivity index (χ4n) is 3.34. The van der Waals surface area contributed by atoms with Gasteiger partial charge in [0.1, 0.15) is 5.82 Å². The summed E-state index contributed by atoms with van der Waals surface area (Å²) in [6.07, 6.45) is 3.98. The van der Waals surface area contributed by atoms with E-state index < -0.39 is 0 Å². The molecule has 1 fully saturated rings. The van der Waals surface area contributed by atoms with E-state index in [1.54, 1.807) is 6.20 Å². The molecule has 0 aliphatic carbocycles. The number of nitrogens with one attached hydrogen (secondary N) is 2. The number of likely N-dealkylation sites (N-methyl/N-ethyl adjacent to an activating group) is 1. The van der Waals surface area contributed by atoms with Gasteiger partial charge in [-0.15, -0.1) is 0 Å². The number of fused-ring (bicyclic) bond motifs is 1. The minimum atomic E-state index is -0.0381. The summed E-state index contributed by atoms with van der Waals surface area (Å²) in [6.45, 7) is 4.06. The smallest absolute Gasteiger partial charge is 0.228 e. The lowest BCUT2D eigenvalue weighted by atomic mass is 10.1. The number of hydrogen-bond donors (Lipinski definition) is 2. The van der Waals surface area contributed by atoms with Crippen LogP contribution >= 0.6 is 0 Å². The third-order valence-electron chi connectivity index (χ3n) is 4.88. The predicted octanol–water partition coefficient (Wildman–Crippen LogP) is 2.50. The van der Waals surface area contributed by atoms with Gasteiger partial charge in [-0.25, -0.2) is 4.98 Å². The maximum Gasteiger partial charge on any atom is 0.228 e. The van der Waals surface area contributed by atoms with Crippen LogP contribution in [0.5, 0.6) is 0 Å². The number of anilines is 2. The monoisotopic (exact) mass is 349 g/mol. The minimum absolute atomic E-state index is 0.0381. The van der Waals surface area contributed by atoms with E-state index in [-0.39, 0.29) is 5.91 Å².